The van der Waals surface area contributed by atoms with Gasteiger partial charge in [0, 0.05) is 18.5 Å². The van der Waals surface area contributed by atoms with Gasteiger partial charge in [-0.25, -0.2) is 22.9 Å². The maximum absolute atomic E-state index is 12.6. The molecular formula is C20H18N4O6S. The number of H-pyrrole nitrogens is 2. The van der Waals surface area contributed by atoms with E-state index in [0.29, 0.717) is 23.8 Å². The minimum absolute atomic E-state index is 0.0723. The number of ether oxygens (including phenoxy) is 1. The largest absolute Gasteiger partial charge is 0.497 e. The third-order valence-corrected chi connectivity index (χ3v) is 6.04. The number of aromatic amines is 2. The van der Waals surface area contributed by atoms with Gasteiger partial charge >= 0.3 is 5.69 Å². The van der Waals surface area contributed by atoms with Crippen LogP contribution in [-0.2, 0) is 16.4 Å². The molecule has 0 spiro atoms. The van der Waals surface area contributed by atoms with Crippen molar-refractivity contribution in [2.24, 2.45) is 0 Å². The SMILES string of the molecule is COc1ccc(-c2nc(CCNS(=O)(=O)c3ccc4[nH]c(=O)[nH]c(=O)c4c3)co2)cc1. The molecule has 0 fully saturated rings. The predicted octanol–water partition coefficient (Wildman–Crippen LogP) is 1.40. The van der Waals surface area contributed by atoms with E-state index in [1.54, 1.807) is 19.2 Å². The number of aromatic nitrogens is 3. The molecular weight excluding hydrogens is 424 g/mol. The molecule has 11 heteroatoms. The summed E-state index contributed by atoms with van der Waals surface area (Å²) in [7, 11) is -2.29. The molecule has 31 heavy (non-hydrogen) atoms. The Kier molecular flexibility index (Phi) is 5.44. The number of methoxy groups -OCH3 is 1. The highest BCUT2D eigenvalue weighted by Crippen LogP contribution is 2.22. The molecule has 0 saturated heterocycles. The molecule has 4 rings (SSSR count). The summed E-state index contributed by atoms with van der Waals surface area (Å²) in [5.74, 6) is 1.13. The first kappa shape index (κ1) is 20.6. The fourth-order valence-corrected chi connectivity index (χ4v) is 4.05. The van der Waals surface area contributed by atoms with E-state index in [2.05, 4.69) is 19.7 Å². The lowest BCUT2D eigenvalue weighted by molar-refractivity contribution is 0.415. The van der Waals surface area contributed by atoms with Crippen LogP contribution in [0.4, 0.5) is 0 Å². The molecule has 2 heterocycles. The zero-order valence-electron chi connectivity index (χ0n) is 16.3. The molecule has 160 valence electrons. The summed E-state index contributed by atoms with van der Waals surface area (Å²) >= 11 is 0. The van der Waals surface area contributed by atoms with Crippen molar-refractivity contribution in [3.63, 3.8) is 0 Å². The third-order valence-electron chi connectivity index (χ3n) is 4.58. The number of hydrogen-bond donors (Lipinski definition) is 3. The topological polar surface area (TPSA) is 147 Å². The highest BCUT2D eigenvalue weighted by Gasteiger charge is 2.16. The highest BCUT2D eigenvalue weighted by atomic mass is 32.2. The number of nitrogens with zero attached hydrogens (tertiary/aromatic N) is 1. The van der Waals surface area contributed by atoms with Gasteiger partial charge < -0.3 is 14.1 Å². The molecule has 0 radical (unpaired) electrons. The van der Waals surface area contributed by atoms with Crippen LogP contribution in [0.1, 0.15) is 5.69 Å². The molecule has 2 aromatic heterocycles. The van der Waals surface area contributed by atoms with Crippen LogP contribution in [0.2, 0.25) is 0 Å². The quantitative estimate of drug-likeness (QED) is 0.392. The Hall–Kier alpha value is -3.70. The van der Waals surface area contributed by atoms with Crippen molar-refractivity contribution in [3.05, 3.63) is 75.3 Å². The summed E-state index contributed by atoms with van der Waals surface area (Å²) in [5.41, 5.74) is 0.284. The van der Waals surface area contributed by atoms with Gasteiger partial charge in [0.2, 0.25) is 15.9 Å². The number of nitrogens with one attached hydrogen (secondary N) is 3. The lowest BCUT2D eigenvalue weighted by Crippen LogP contribution is -2.27. The van der Waals surface area contributed by atoms with Crippen molar-refractivity contribution in [2.45, 2.75) is 11.3 Å². The van der Waals surface area contributed by atoms with Gasteiger partial charge in [-0.2, -0.15) is 0 Å². The average Bonchev–Trinajstić information content (AvgIpc) is 3.22. The highest BCUT2D eigenvalue weighted by molar-refractivity contribution is 7.89. The summed E-state index contributed by atoms with van der Waals surface area (Å²) in [6.45, 7) is 0.0803. The number of rotatable bonds is 7. The van der Waals surface area contributed by atoms with E-state index in [1.807, 2.05) is 12.1 Å². The maximum atomic E-state index is 12.6. The molecule has 0 unspecified atom stereocenters. The van der Waals surface area contributed by atoms with Crippen molar-refractivity contribution >= 4 is 20.9 Å². The van der Waals surface area contributed by atoms with Crippen LogP contribution in [0.5, 0.6) is 5.75 Å². The Morgan fingerprint density at radius 1 is 1.10 bits per heavy atom. The van der Waals surface area contributed by atoms with Gasteiger partial charge in [0.15, 0.2) is 0 Å². The number of hydrogen-bond acceptors (Lipinski definition) is 7. The smallest absolute Gasteiger partial charge is 0.326 e. The predicted molar refractivity (Wildman–Crippen MR) is 113 cm³/mol. The van der Waals surface area contributed by atoms with Crippen molar-refractivity contribution in [3.8, 4) is 17.2 Å². The minimum atomic E-state index is -3.87. The van der Waals surface area contributed by atoms with Gasteiger partial charge in [0.25, 0.3) is 5.56 Å². The van der Waals surface area contributed by atoms with Crippen molar-refractivity contribution in [1.82, 2.24) is 19.7 Å². The Labute approximate surface area is 176 Å². The van der Waals surface area contributed by atoms with Gasteiger partial charge in [-0.05, 0) is 42.5 Å². The van der Waals surface area contributed by atoms with E-state index in [9.17, 15) is 18.0 Å². The number of fused-ring (bicyclic) bond motifs is 1. The Morgan fingerprint density at radius 2 is 1.87 bits per heavy atom. The van der Waals surface area contributed by atoms with Crippen molar-refractivity contribution < 1.29 is 17.6 Å². The Morgan fingerprint density at radius 3 is 2.61 bits per heavy atom. The zero-order chi connectivity index (χ0) is 22.0. The summed E-state index contributed by atoms with van der Waals surface area (Å²) in [6, 6.07) is 11.1. The van der Waals surface area contributed by atoms with E-state index >= 15 is 0 Å². The summed E-state index contributed by atoms with van der Waals surface area (Å²) in [5, 5.41) is 0.0723. The fraction of sp³-hybridized carbons (Fsp3) is 0.150. The van der Waals surface area contributed by atoms with Crippen LogP contribution in [0.25, 0.3) is 22.4 Å². The standard InChI is InChI=1S/C20H18N4O6S/c1-29-14-4-2-12(3-5-14)19-22-13(11-30-19)8-9-21-31(27,28)15-6-7-17-16(10-15)18(25)24-20(26)23-17/h2-7,10-11,21H,8-9H2,1H3,(H2,23,24,25,26). The van der Waals surface area contributed by atoms with Crippen LogP contribution in [0, 0.1) is 0 Å². The molecule has 0 saturated carbocycles. The lowest BCUT2D eigenvalue weighted by Gasteiger charge is -2.06. The van der Waals surface area contributed by atoms with Crippen LogP contribution in [0.3, 0.4) is 0 Å². The molecule has 0 aliphatic heterocycles. The maximum Gasteiger partial charge on any atom is 0.326 e. The summed E-state index contributed by atoms with van der Waals surface area (Å²) in [4.78, 5) is 32.0. The van der Waals surface area contributed by atoms with Gasteiger partial charge in [-0.15, -0.1) is 0 Å². The normalized spacial score (nSPS) is 11.6. The molecule has 2 aromatic carbocycles. The number of benzene rings is 2. The second-order valence-electron chi connectivity index (χ2n) is 6.64. The molecule has 0 aliphatic carbocycles. The number of sulfonamides is 1. The molecule has 0 amide bonds. The van der Waals surface area contributed by atoms with Gasteiger partial charge in [-0.1, -0.05) is 0 Å². The van der Waals surface area contributed by atoms with Crippen LogP contribution in [0.15, 0.2) is 67.6 Å². The molecule has 0 atom stereocenters. The van der Waals surface area contributed by atoms with Crippen LogP contribution in [-0.4, -0.2) is 37.0 Å². The monoisotopic (exact) mass is 442 g/mol. The van der Waals surface area contributed by atoms with Gasteiger partial charge in [0.1, 0.15) is 12.0 Å². The number of oxazole rings is 1. The molecule has 3 N–H and O–H groups in total. The molecule has 10 nitrogen and oxygen atoms in total. The fourth-order valence-electron chi connectivity index (χ4n) is 3.00. The van der Waals surface area contributed by atoms with Gasteiger partial charge in [-0.3, -0.25) is 9.78 Å². The summed E-state index contributed by atoms with van der Waals surface area (Å²) in [6.07, 6.45) is 1.78. The van der Waals surface area contributed by atoms with Crippen LogP contribution < -0.4 is 20.7 Å². The molecule has 0 aliphatic rings. The first-order valence-electron chi connectivity index (χ1n) is 9.20. The van der Waals surface area contributed by atoms with E-state index in [1.165, 1.54) is 24.5 Å². The Balaban J connectivity index is 1.44. The third kappa shape index (κ3) is 4.42. The average molecular weight is 442 g/mol. The van der Waals surface area contributed by atoms with E-state index in [-0.39, 0.29) is 22.3 Å². The van der Waals surface area contributed by atoms with Crippen LogP contribution >= 0.6 is 0 Å². The summed E-state index contributed by atoms with van der Waals surface area (Å²) < 4.78 is 38.2. The first-order valence-corrected chi connectivity index (χ1v) is 10.7. The van der Waals surface area contributed by atoms with E-state index < -0.39 is 21.3 Å². The minimum Gasteiger partial charge on any atom is -0.497 e. The second-order valence-corrected chi connectivity index (χ2v) is 8.40. The van der Waals surface area contributed by atoms with E-state index in [4.69, 9.17) is 9.15 Å². The second kappa shape index (κ2) is 8.20. The first-order chi connectivity index (χ1) is 14.9. The lowest BCUT2D eigenvalue weighted by atomic mass is 10.2. The van der Waals surface area contributed by atoms with E-state index in [0.717, 1.165) is 5.56 Å². The zero-order valence-corrected chi connectivity index (χ0v) is 17.2. The molecule has 4 aromatic rings. The Bertz CT molecular complexity index is 1450. The molecule has 0 bridgehead atoms. The van der Waals surface area contributed by atoms with Crippen molar-refractivity contribution in [2.75, 3.05) is 13.7 Å². The van der Waals surface area contributed by atoms with Crippen molar-refractivity contribution in [1.29, 1.82) is 0 Å². The van der Waals surface area contributed by atoms with Gasteiger partial charge in [0.05, 0.1) is 28.6 Å².